The number of nitrogens with one attached hydrogen (secondary N) is 2. The smallest absolute Gasteiger partial charge is 0.355 e. The van der Waals surface area contributed by atoms with Gasteiger partial charge in [0.25, 0.3) is 0 Å². The molecule has 2 heterocycles. The molecule has 0 radical (unpaired) electrons. The van der Waals surface area contributed by atoms with Crippen molar-refractivity contribution >= 4 is 29.9 Å². The topological polar surface area (TPSA) is 46.1 Å². The molecule has 2 atom stereocenters. The molecule has 2 aliphatic heterocycles. The van der Waals surface area contributed by atoms with Crippen LogP contribution in [0.4, 0.5) is 13.2 Å². The summed E-state index contributed by atoms with van der Waals surface area (Å²) in [7, 11) is 3.94. The van der Waals surface area contributed by atoms with E-state index in [1.165, 1.54) is 0 Å². The van der Waals surface area contributed by atoms with Gasteiger partial charge in [-0.1, -0.05) is 12.1 Å². The minimum absolute atomic E-state index is 0. The Balaban J connectivity index is 0.00000363. The average molecular weight is 568 g/mol. The maximum atomic E-state index is 12.7. The molecular weight excluding hydrogens is 532 g/mol. The number of likely N-dealkylation sites (tertiary alicyclic amines) is 1. The lowest BCUT2D eigenvalue weighted by Gasteiger charge is -2.36. The van der Waals surface area contributed by atoms with Crippen molar-refractivity contribution in [1.29, 1.82) is 0 Å². The normalized spacial score (nSPS) is 22.4. The van der Waals surface area contributed by atoms with Crippen molar-refractivity contribution in [3.8, 4) is 0 Å². The van der Waals surface area contributed by atoms with Crippen molar-refractivity contribution in [2.24, 2.45) is 4.99 Å². The van der Waals surface area contributed by atoms with Crippen LogP contribution in [-0.4, -0.2) is 92.7 Å². The van der Waals surface area contributed by atoms with Gasteiger partial charge in [-0.25, -0.2) is 0 Å². The van der Waals surface area contributed by atoms with E-state index in [4.69, 9.17) is 0 Å². The first-order chi connectivity index (χ1) is 14.7. The molecule has 3 rings (SSSR count). The van der Waals surface area contributed by atoms with E-state index >= 15 is 0 Å². The molecule has 2 fully saturated rings. The van der Waals surface area contributed by atoms with Gasteiger partial charge in [0.05, 0.1) is 5.56 Å². The minimum Gasteiger partial charge on any atom is -0.355 e. The first-order valence-electron chi connectivity index (χ1n) is 11.0. The summed E-state index contributed by atoms with van der Waals surface area (Å²) in [5.74, 6) is 0.808. The number of aliphatic imine (C=N–C) groups is 1. The molecule has 0 amide bonds. The largest absolute Gasteiger partial charge is 0.416 e. The van der Waals surface area contributed by atoms with Crippen molar-refractivity contribution in [3.05, 3.63) is 35.4 Å². The summed E-state index contributed by atoms with van der Waals surface area (Å²) in [6.45, 7) is 9.88. The Kier molecular flexibility index (Phi) is 10.5. The monoisotopic (exact) mass is 568 g/mol. The molecule has 0 aromatic heterocycles. The van der Waals surface area contributed by atoms with Gasteiger partial charge in [-0.05, 0) is 38.1 Å². The minimum atomic E-state index is -4.29. The molecule has 1 aromatic carbocycles. The Labute approximate surface area is 206 Å². The van der Waals surface area contributed by atoms with Crippen LogP contribution in [0.5, 0.6) is 0 Å². The Morgan fingerprint density at radius 3 is 2.38 bits per heavy atom. The fourth-order valence-corrected chi connectivity index (χ4v) is 4.18. The third kappa shape index (κ3) is 8.03. The number of hydrogen-bond acceptors (Lipinski definition) is 4. The van der Waals surface area contributed by atoms with Gasteiger partial charge >= 0.3 is 6.18 Å². The maximum Gasteiger partial charge on any atom is 0.416 e. The van der Waals surface area contributed by atoms with Crippen LogP contribution in [0.3, 0.4) is 0 Å². The first kappa shape index (κ1) is 27.1. The van der Waals surface area contributed by atoms with E-state index in [2.05, 4.69) is 44.3 Å². The fourth-order valence-electron chi connectivity index (χ4n) is 4.18. The summed E-state index contributed by atoms with van der Waals surface area (Å²) in [6, 6.07) is 6.18. The highest BCUT2D eigenvalue weighted by Crippen LogP contribution is 2.29. The van der Waals surface area contributed by atoms with Crippen molar-refractivity contribution in [2.75, 3.05) is 59.9 Å². The van der Waals surface area contributed by atoms with E-state index in [1.807, 2.05) is 0 Å². The molecular formula is C22H36F3IN6. The molecule has 10 heteroatoms. The van der Waals surface area contributed by atoms with Gasteiger partial charge in [-0.15, -0.1) is 24.0 Å². The van der Waals surface area contributed by atoms with Crippen LogP contribution >= 0.6 is 24.0 Å². The number of likely N-dealkylation sites (N-methyl/N-ethyl adjacent to an activating group) is 1. The predicted molar refractivity (Wildman–Crippen MR) is 134 cm³/mol. The van der Waals surface area contributed by atoms with Crippen LogP contribution in [0.25, 0.3) is 0 Å². The summed E-state index contributed by atoms with van der Waals surface area (Å²) in [5, 5.41) is 6.95. The number of rotatable bonds is 6. The second kappa shape index (κ2) is 12.4. The number of hydrogen-bond donors (Lipinski definition) is 2. The van der Waals surface area contributed by atoms with Crippen molar-refractivity contribution in [3.63, 3.8) is 0 Å². The average Bonchev–Trinajstić information content (AvgIpc) is 3.18. The maximum absolute atomic E-state index is 12.7. The first-order valence-corrected chi connectivity index (χ1v) is 11.0. The summed E-state index contributed by atoms with van der Waals surface area (Å²) in [4.78, 5) is 11.5. The summed E-state index contributed by atoms with van der Waals surface area (Å²) < 4.78 is 38.2. The zero-order chi connectivity index (χ0) is 22.4. The molecule has 2 unspecified atom stereocenters. The predicted octanol–water partition coefficient (Wildman–Crippen LogP) is 2.70. The molecule has 6 nitrogen and oxygen atoms in total. The van der Waals surface area contributed by atoms with Crippen LogP contribution < -0.4 is 10.6 Å². The van der Waals surface area contributed by atoms with Gasteiger partial charge in [-0.3, -0.25) is 14.8 Å². The second-order valence-corrected chi connectivity index (χ2v) is 8.70. The van der Waals surface area contributed by atoms with Crippen molar-refractivity contribution in [1.82, 2.24) is 25.3 Å². The van der Waals surface area contributed by atoms with E-state index in [-0.39, 0.29) is 30.0 Å². The number of nitrogens with zero attached hydrogens (tertiary/aromatic N) is 4. The molecule has 2 N–H and O–H groups in total. The van der Waals surface area contributed by atoms with Crippen molar-refractivity contribution in [2.45, 2.75) is 38.1 Å². The van der Waals surface area contributed by atoms with Gasteiger partial charge in [-0.2, -0.15) is 13.2 Å². The molecule has 0 saturated carbocycles. The lowest BCUT2D eigenvalue weighted by Crippen LogP contribution is -2.53. The van der Waals surface area contributed by atoms with Crippen LogP contribution in [0, 0.1) is 0 Å². The molecule has 182 valence electrons. The van der Waals surface area contributed by atoms with Gasteiger partial charge in [0.15, 0.2) is 5.96 Å². The van der Waals surface area contributed by atoms with E-state index in [1.54, 1.807) is 19.2 Å². The lowest BCUT2D eigenvalue weighted by atomic mass is 10.1. The van der Waals surface area contributed by atoms with Crippen LogP contribution in [0.15, 0.2) is 29.3 Å². The zero-order valence-corrected chi connectivity index (χ0v) is 21.5. The summed E-state index contributed by atoms with van der Waals surface area (Å²) in [6.07, 6.45) is -3.30. The third-order valence-electron chi connectivity index (χ3n) is 6.25. The molecule has 1 aromatic rings. The molecule has 0 spiro atoms. The quantitative estimate of drug-likeness (QED) is 0.314. The fraction of sp³-hybridized carbons (Fsp3) is 0.682. The number of alkyl halides is 3. The number of guanidine groups is 1. The third-order valence-corrected chi connectivity index (χ3v) is 6.25. The van der Waals surface area contributed by atoms with Crippen LogP contribution in [0.2, 0.25) is 0 Å². The number of benzene rings is 1. The molecule has 32 heavy (non-hydrogen) atoms. The molecule has 2 aliphatic rings. The Hall–Kier alpha value is -1.11. The molecule has 0 aliphatic carbocycles. The Morgan fingerprint density at radius 2 is 1.78 bits per heavy atom. The number of halogens is 4. The SMILES string of the molecule is CN=C(NCC(C)N1CCN(C)CC1)NC1CCN(Cc2ccc(C(F)(F)F)cc2)C1.I. The molecule has 0 bridgehead atoms. The highest BCUT2D eigenvalue weighted by molar-refractivity contribution is 14.0. The standard InChI is InChI=1S/C22H35F3N6.HI/c1-17(31-12-10-29(3)11-13-31)14-27-21(26-2)28-20-8-9-30(16-20)15-18-4-6-19(7-5-18)22(23,24)25;/h4-7,17,20H,8-16H2,1-3H3,(H2,26,27,28);1H. The Morgan fingerprint density at radius 1 is 1.12 bits per heavy atom. The van der Waals surface area contributed by atoms with E-state index in [0.717, 1.165) is 75.9 Å². The summed E-state index contributed by atoms with van der Waals surface area (Å²) in [5.41, 5.74) is 0.301. The second-order valence-electron chi connectivity index (χ2n) is 8.70. The number of piperazine rings is 1. The van der Waals surface area contributed by atoms with Crippen LogP contribution in [0.1, 0.15) is 24.5 Å². The van der Waals surface area contributed by atoms with Crippen LogP contribution in [-0.2, 0) is 12.7 Å². The van der Waals surface area contributed by atoms with Gasteiger partial charge < -0.3 is 15.5 Å². The van der Waals surface area contributed by atoms with Crippen molar-refractivity contribution < 1.29 is 13.2 Å². The zero-order valence-electron chi connectivity index (χ0n) is 19.2. The van der Waals surface area contributed by atoms with Gasteiger partial charge in [0, 0.05) is 71.5 Å². The van der Waals surface area contributed by atoms with E-state index < -0.39 is 11.7 Å². The summed E-state index contributed by atoms with van der Waals surface area (Å²) >= 11 is 0. The van der Waals surface area contributed by atoms with E-state index in [9.17, 15) is 13.2 Å². The van der Waals surface area contributed by atoms with E-state index in [0.29, 0.717) is 12.6 Å². The lowest BCUT2D eigenvalue weighted by molar-refractivity contribution is -0.137. The molecule has 2 saturated heterocycles. The highest BCUT2D eigenvalue weighted by Gasteiger charge is 2.30. The Bertz CT molecular complexity index is 719. The van der Waals surface area contributed by atoms with Gasteiger partial charge in [0.1, 0.15) is 0 Å². The van der Waals surface area contributed by atoms with Gasteiger partial charge in [0.2, 0.25) is 0 Å². The highest BCUT2D eigenvalue weighted by atomic mass is 127.